The zero-order chi connectivity index (χ0) is 23.3. The van der Waals surface area contributed by atoms with Gasteiger partial charge in [-0.3, -0.25) is 4.79 Å². The lowest BCUT2D eigenvalue weighted by molar-refractivity contribution is -0.150. The molecule has 0 aromatic rings. The Labute approximate surface area is 198 Å². The molecule has 32 heavy (non-hydrogen) atoms. The van der Waals surface area contributed by atoms with Gasteiger partial charge in [-0.25, -0.2) is 0 Å². The first kappa shape index (κ1) is 24.3. The van der Waals surface area contributed by atoms with E-state index >= 15 is 0 Å². The van der Waals surface area contributed by atoms with Gasteiger partial charge in [0, 0.05) is 6.92 Å². The Hall–Kier alpha value is -0.790. The average molecular weight is 443 g/mol. The van der Waals surface area contributed by atoms with Crippen molar-refractivity contribution in [3.63, 3.8) is 0 Å². The molecular formula is C30H50O2. The zero-order valence-corrected chi connectivity index (χ0v) is 22.2. The predicted octanol–water partition coefficient (Wildman–Crippen LogP) is 8.49. The molecule has 4 rings (SSSR count). The Morgan fingerprint density at radius 1 is 0.969 bits per heavy atom. The quantitative estimate of drug-likeness (QED) is 0.304. The first-order valence-corrected chi connectivity index (χ1v) is 13.9. The van der Waals surface area contributed by atoms with Gasteiger partial charge < -0.3 is 4.74 Å². The smallest absolute Gasteiger partial charge is 0.302 e. The van der Waals surface area contributed by atoms with E-state index in [0.29, 0.717) is 22.2 Å². The van der Waals surface area contributed by atoms with Crippen LogP contribution in [0.25, 0.3) is 0 Å². The van der Waals surface area contributed by atoms with Crippen molar-refractivity contribution in [1.82, 2.24) is 0 Å². The first-order chi connectivity index (χ1) is 15.0. The van der Waals surface area contributed by atoms with Crippen LogP contribution in [0.2, 0.25) is 0 Å². The van der Waals surface area contributed by atoms with E-state index in [0.717, 1.165) is 30.6 Å². The molecule has 2 nitrogen and oxygen atoms in total. The van der Waals surface area contributed by atoms with E-state index in [9.17, 15) is 4.79 Å². The Kier molecular flexibility index (Phi) is 6.67. The number of esters is 1. The summed E-state index contributed by atoms with van der Waals surface area (Å²) in [5.74, 6) is 3.17. The van der Waals surface area contributed by atoms with Crippen molar-refractivity contribution < 1.29 is 9.53 Å². The zero-order valence-electron chi connectivity index (χ0n) is 22.2. The molecule has 2 heteroatoms. The van der Waals surface area contributed by atoms with Crippen LogP contribution in [-0.2, 0) is 9.53 Å². The Balaban J connectivity index is 1.55. The molecule has 7 atom stereocenters. The molecule has 4 aliphatic carbocycles. The molecule has 182 valence electrons. The summed E-state index contributed by atoms with van der Waals surface area (Å²) in [5.41, 5.74) is 4.95. The molecule has 0 saturated heterocycles. The molecule has 0 aromatic carbocycles. The fourth-order valence-corrected chi connectivity index (χ4v) is 9.16. The van der Waals surface area contributed by atoms with E-state index in [4.69, 9.17) is 4.74 Å². The van der Waals surface area contributed by atoms with Crippen LogP contribution in [0.5, 0.6) is 0 Å². The maximum absolute atomic E-state index is 11.5. The minimum atomic E-state index is -0.102. The van der Waals surface area contributed by atoms with E-state index in [1.807, 2.05) is 11.1 Å². The molecule has 2 saturated carbocycles. The summed E-state index contributed by atoms with van der Waals surface area (Å²) >= 11 is 0. The Morgan fingerprint density at radius 3 is 2.41 bits per heavy atom. The van der Waals surface area contributed by atoms with Gasteiger partial charge in [0.05, 0.1) is 0 Å². The van der Waals surface area contributed by atoms with Gasteiger partial charge in [0.25, 0.3) is 0 Å². The summed E-state index contributed by atoms with van der Waals surface area (Å²) in [6, 6.07) is 0. The molecule has 7 unspecified atom stereocenters. The van der Waals surface area contributed by atoms with Gasteiger partial charge in [-0.2, -0.15) is 0 Å². The lowest BCUT2D eigenvalue weighted by Crippen LogP contribution is -2.49. The third-order valence-corrected chi connectivity index (χ3v) is 11.3. The molecule has 0 amide bonds. The first-order valence-electron chi connectivity index (χ1n) is 13.9. The molecular weight excluding hydrogens is 392 g/mol. The van der Waals surface area contributed by atoms with Crippen molar-refractivity contribution in [2.75, 3.05) is 0 Å². The average Bonchev–Trinajstić information content (AvgIpc) is 2.99. The standard InChI is InChI=1S/C30H50O2/c1-20(2)9-8-10-21(3)25-14-17-30(7)27-12-11-23-19-24(32-22(4)31)13-16-28(23,5)26(27)15-18-29(25,30)6/h20-21,23-25H,8-19H2,1-7H3. The highest BCUT2D eigenvalue weighted by Crippen LogP contribution is 2.71. The van der Waals surface area contributed by atoms with Gasteiger partial charge in [0.15, 0.2) is 0 Å². The van der Waals surface area contributed by atoms with Gasteiger partial charge in [-0.05, 0) is 97.7 Å². The number of rotatable bonds is 6. The van der Waals surface area contributed by atoms with Crippen LogP contribution in [0.15, 0.2) is 11.1 Å². The van der Waals surface area contributed by atoms with E-state index in [-0.39, 0.29) is 12.1 Å². The maximum Gasteiger partial charge on any atom is 0.302 e. The summed E-state index contributed by atoms with van der Waals surface area (Å²) in [5, 5.41) is 0. The number of hydrogen-bond acceptors (Lipinski definition) is 2. The lowest BCUT2D eigenvalue weighted by atomic mass is 9.46. The molecule has 0 radical (unpaired) electrons. The van der Waals surface area contributed by atoms with Gasteiger partial charge in [0.2, 0.25) is 0 Å². The van der Waals surface area contributed by atoms with Crippen LogP contribution in [0, 0.1) is 39.9 Å². The third-order valence-electron chi connectivity index (χ3n) is 11.3. The van der Waals surface area contributed by atoms with Crippen LogP contribution >= 0.6 is 0 Å². The maximum atomic E-state index is 11.5. The number of allylic oxidation sites excluding steroid dienone is 2. The highest BCUT2D eigenvalue weighted by Gasteiger charge is 2.61. The highest BCUT2D eigenvalue weighted by atomic mass is 16.5. The topological polar surface area (TPSA) is 26.3 Å². The van der Waals surface area contributed by atoms with Crippen molar-refractivity contribution in [3.05, 3.63) is 11.1 Å². The molecule has 0 aliphatic heterocycles. The second-order valence-corrected chi connectivity index (χ2v) is 13.3. The molecule has 0 aromatic heterocycles. The minimum absolute atomic E-state index is 0.102. The molecule has 4 aliphatic rings. The predicted molar refractivity (Wildman–Crippen MR) is 133 cm³/mol. The second-order valence-electron chi connectivity index (χ2n) is 13.3. The van der Waals surface area contributed by atoms with E-state index < -0.39 is 0 Å². The monoisotopic (exact) mass is 442 g/mol. The number of hydrogen-bond donors (Lipinski definition) is 0. The summed E-state index contributed by atoms with van der Waals surface area (Å²) in [4.78, 5) is 11.5. The fourth-order valence-electron chi connectivity index (χ4n) is 9.16. The van der Waals surface area contributed by atoms with Gasteiger partial charge in [-0.1, -0.05) is 72.0 Å². The normalized spacial score (nSPS) is 42.3. The van der Waals surface area contributed by atoms with Crippen LogP contribution < -0.4 is 0 Å². The van der Waals surface area contributed by atoms with Gasteiger partial charge >= 0.3 is 5.97 Å². The number of fused-ring (bicyclic) bond motifs is 4. The van der Waals surface area contributed by atoms with Crippen LogP contribution in [-0.4, -0.2) is 12.1 Å². The number of carbonyl (C=O) groups excluding carboxylic acids is 1. The highest BCUT2D eigenvalue weighted by molar-refractivity contribution is 5.66. The number of ether oxygens (including phenoxy) is 1. The van der Waals surface area contributed by atoms with Crippen molar-refractivity contribution in [1.29, 1.82) is 0 Å². The van der Waals surface area contributed by atoms with Crippen molar-refractivity contribution >= 4 is 5.97 Å². The largest absolute Gasteiger partial charge is 0.463 e. The molecule has 0 bridgehead atoms. The summed E-state index contributed by atoms with van der Waals surface area (Å²) in [6.45, 7) is 16.8. The SMILES string of the molecule is CC(=O)OC1CCC2(C)C3=C(CCC2C1)C1(C)CCC(C(C)CCCC(C)C)C1(C)CC3. The summed E-state index contributed by atoms with van der Waals surface area (Å²) < 4.78 is 5.66. The second kappa shape index (κ2) is 8.77. The van der Waals surface area contributed by atoms with Crippen molar-refractivity contribution in [2.24, 2.45) is 39.9 Å². The van der Waals surface area contributed by atoms with E-state index in [1.165, 1.54) is 64.2 Å². The Morgan fingerprint density at radius 2 is 1.72 bits per heavy atom. The summed E-state index contributed by atoms with van der Waals surface area (Å²) in [7, 11) is 0. The summed E-state index contributed by atoms with van der Waals surface area (Å²) in [6.07, 6.45) is 15.8. The lowest BCUT2D eigenvalue weighted by Gasteiger charge is -2.59. The van der Waals surface area contributed by atoms with Crippen LogP contribution in [0.1, 0.15) is 126 Å². The van der Waals surface area contributed by atoms with E-state index in [1.54, 1.807) is 6.92 Å². The minimum Gasteiger partial charge on any atom is -0.463 e. The molecule has 0 spiro atoms. The fraction of sp³-hybridized carbons (Fsp3) is 0.900. The number of carbonyl (C=O) groups is 1. The van der Waals surface area contributed by atoms with Gasteiger partial charge in [0.1, 0.15) is 6.10 Å². The molecule has 0 N–H and O–H groups in total. The van der Waals surface area contributed by atoms with Crippen molar-refractivity contribution in [2.45, 2.75) is 132 Å². The third kappa shape index (κ3) is 3.90. The van der Waals surface area contributed by atoms with Gasteiger partial charge in [-0.15, -0.1) is 0 Å². The molecule has 0 heterocycles. The van der Waals surface area contributed by atoms with Crippen LogP contribution in [0.3, 0.4) is 0 Å². The van der Waals surface area contributed by atoms with Crippen LogP contribution in [0.4, 0.5) is 0 Å². The van der Waals surface area contributed by atoms with Crippen molar-refractivity contribution in [3.8, 4) is 0 Å². The molecule has 2 fully saturated rings. The Bertz CT molecular complexity index is 750. The van der Waals surface area contributed by atoms with E-state index in [2.05, 4.69) is 41.5 Å².